The molecule has 0 saturated carbocycles. The van der Waals surface area contributed by atoms with Gasteiger partial charge >= 0.3 is 29.6 Å². The Morgan fingerprint density at radius 1 is 1.33 bits per heavy atom. The molecule has 0 aromatic heterocycles. The number of aliphatic hydroxyl groups excluding tert-OH is 1. The van der Waals surface area contributed by atoms with Crippen LogP contribution in [0.2, 0.25) is 0 Å². The first kappa shape index (κ1) is 22.2. The Hall–Kier alpha value is -1.06. The topological polar surface area (TPSA) is 101 Å². The molecule has 0 bridgehead atoms. The van der Waals surface area contributed by atoms with Crippen molar-refractivity contribution in [3.8, 4) is 0 Å². The van der Waals surface area contributed by atoms with Crippen LogP contribution in [0.15, 0.2) is 30.3 Å². The number of rotatable bonds is 5. The van der Waals surface area contributed by atoms with Gasteiger partial charge in [-0.2, -0.15) is 0 Å². The van der Waals surface area contributed by atoms with Gasteiger partial charge in [0.25, 0.3) is 5.91 Å². The maximum atomic E-state index is 12.8. The molecule has 4 atom stereocenters. The number of amides is 2. The van der Waals surface area contributed by atoms with E-state index in [2.05, 4.69) is 0 Å². The van der Waals surface area contributed by atoms with Crippen molar-refractivity contribution in [1.82, 2.24) is 4.90 Å². The van der Waals surface area contributed by atoms with E-state index in [0.29, 0.717) is 12.2 Å². The van der Waals surface area contributed by atoms with E-state index in [1.807, 2.05) is 6.07 Å². The van der Waals surface area contributed by atoms with E-state index in [1.54, 1.807) is 45.0 Å². The summed E-state index contributed by atoms with van der Waals surface area (Å²) in [6.07, 6.45) is -1.52. The zero-order valence-corrected chi connectivity index (χ0v) is 18.6. The first-order chi connectivity index (χ1) is 12.2. The number of anilines is 1. The molecule has 7 nitrogen and oxygen atoms in total. The van der Waals surface area contributed by atoms with Gasteiger partial charge in [-0.05, 0) is 32.9 Å². The summed E-state index contributed by atoms with van der Waals surface area (Å²) < 4.78 is -0.749. The number of carbonyl (C=O) groups is 3. The van der Waals surface area contributed by atoms with Crippen LogP contribution in [0.4, 0.5) is 5.69 Å². The minimum Gasteiger partial charge on any atom is -0.548 e. The maximum absolute atomic E-state index is 12.8. The Labute approximate surface area is 184 Å². The molecular weight excluding hydrogens is 379 g/mol. The third-order valence-electron chi connectivity index (χ3n) is 4.95. The van der Waals surface area contributed by atoms with Crippen LogP contribution >= 0.6 is 11.8 Å². The standard InChI is InChI=1S/C18H22N2O5S.Na/c1-4-19(10-8-6-5-7-9-10)15(23)12(21)11-14(22)20-13(17(24)25)18(2,3)26-16(11)20;/h5-9,11-13,16,21H,4H2,1-3H3,(H,24,25);/q;+1/p-1/t11-,12+,13+,16-;/m1./s1. The Morgan fingerprint density at radius 3 is 2.44 bits per heavy atom. The second-order valence-corrected chi connectivity index (χ2v) is 8.74. The van der Waals surface area contributed by atoms with Crippen LogP contribution in [-0.4, -0.2) is 56.6 Å². The van der Waals surface area contributed by atoms with E-state index < -0.39 is 46.0 Å². The molecule has 0 spiro atoms. The third-order valence-corrected chi connectivity index (χ3v) is 6.54. The van der Waals surface area contributed by atoms with Gasteiger partial charge < -0.3 is 24.8 Å². The van der Waals surface area contributed by atoms with Gasteiger partial charge in [-0.25, -0.2) is 0 Å². The number of thioether (sulfide) groups is 1. The summed E-state index contributed by atoms with van der Waals surface area (Å²) in [5.74, 6) is -3.36. The van der Waals surface area contributed by atoms with E-state index in [-0.39, 0.29) is 29.6 Å². The number of carbonyl (C=O) groups excluding carboxylic acids is 3. The molecule has 1 aromatic carbocycles. The van der Waals surface area contributed by atoms with Crippen LogP contribution in [0.5, 0.6) is 0 Å². The van der Waals surface area contributed by atoms with Gasteiger partial charge in [0.15, 0.2) is 0 Å². The fraction of sp³-hybridized carbons (Fsp3) is 0.500. The van der Waals surface area contributed by atoms with E-state index in [4.69, 9.17) is 0 Å². The monoisotopic (exact) mass is 400 g/mol. The molecule has 2 aliphatic heterocycles. The molecule has 0 aliphatic carbocycles. The van der Waals surface area contributed by atoms with Gasteiger partial charge in [-0.3, -0.25) is 9.59 Å². The van der Waals surface area contributed by atoms with Crippen molar-refractivity contribution in [2.75, 3.05) is 11.4 Å². The number of carboxylic acid groups (broad SMARTS) is 1. The van der Waals surface area contributed by atoms with E-state index >= 15 is 0 Å². The fourth-order valence-corrected chi connectivity index (χ4v) is 5.41. The van der Waals surface area contributed by atoms with Gasteiger partial charge in [-0.15, -0.1) is 11.8 Å². The van der Waals surface area contributed by atoms with Gasteiger partial charge in [0.05, 0.1) is 17.4 Å². The zero-order valence-electron chi connectivity index (χ0n) is 15.8. The minimum absolute atomic E-state index is 0. The molecule has 140 valence electrons. The molecule has 0 radical (unpaired) electrons. The average molecular weight is 400 g/mol. The molecule has 3 rings (SSSR count). The predicted molar refractivity (Wildman–Crippen MR) is 95.1 cm³/mol. The number of fused-ring (bicyclic) bond motifs is 1. The number of β-lactam (4-membered cyclic amide) rings is 1. The molecule has 2 aliphatic rings. The molecule has 9 heteroatoms. The zero-order chi connectivity index (χ0) is 19.2. The molecule has 0 unspecified atom stereocenters. The number of para-hydroxylation sites is 1. The first-order valence-corrected chi connectivity index (χ1v) is 9.34. The molecule has 2 amide bonds. The molecule has 2 fully saturated rings. The van der Waals surface area contributed by atoms with Crippen molar-refractivity contribution >= 4 is 35.2 Å². The van der Waals surface area contributed by atoms with Gasteiger partial charge in [0.1, 0.15) is 12.0 Å². The summed E-state index contributed by atoms with van der Waals surface area (Å²) in [5, 5.41) is 21.5. The number of carboxylic acids is 1. The van der Waals surface area contributed by atoms with Crippen molar-refractivity contribution in [3.05, 3.63) is 30.3 Å². The quantitative estimate of drug-likeness (QED) is 0.414. The first-order valence-electron chi connectivity index (χ1n) is 8.46. The second-order valence-electron chi connectivity index (χ2n) is 6.97. The second kappa shape index (κ2) is 8.13. The number of hydrogen-bond donors (Lipinski definition) is 1. The van der Waals surface area contributed by atoms with Crippen molar-refractivity contribution in [2.45, 2.75) is 43.0 Å². The van der Waals surface area contributed by atoms with Gasteiger partial charge in [0, 0.05) is 17.0 Å². The van der Waals surface area contributed by atoms with Crippen LogP contribution in [0.3, 0.4) is 0 Å². The maximum Gasteiger partial charge on any atom is 1.00 e. The van der Waals surface area contributed by atoms with Gasteiger partial charge in [0.2, 0.25) is 5.91 Å². The summed E-state index contributed by atoms with van der Waals surface area (Å²) in [6.45, 7) is 5.57. The number of hydrogen-bond acceptors (Lipinski definition) is 6. The molecule has 1 N–H and O–H groups in total. The summed E-state index contributed by atoms with van der Waals surface area (Å²) >= 11 is 1.28. The number of aliphatic carboxylic acids is 1. The Bertz CT molecular complexity index is 745. The normalized spacial score (nSPS) is 26.4. The van der Waals surface area contributed by atoms with E-state index in [9.17, 15) is 24.6 Å². The summed E-state index contributed by atoms with van der Waals surface area (Å²) in [6, 6.07) is 7.83. The van der Waals surface area contributed by atoms with E-state index in [0.717, 1.165) is 0 Å². The third kappa shape index (κ3) is 3.65. The number of aliphatic hydroxyl groups is 1. The molecular formula is C18H21N2NaO5S. The summed E-state index contributed by atoms with van der Waals surface area (Å²) in [4.78, 5) is 39.4. The summed E-state index contributed by atoms with van der Waals surface area (Å²) in [7, 11) is 0. The number of benzene rings is 1. The molecule has 2 saturated heterocycles. The van der Waals surface area contributed by atoms with E-state index in [1.165, 1.54) is 21.6 Å². The Balaban J connectivity index is 0.00000261. The Kier molecular flexibility index (Phi) is 6.69. The van der Waals surface area contributed by atoms with Crippen LogP contribution < -0.4 is 39.6 Å². The summed E-state index contributed by atoms with van der Waals surface area (Å²) in [5.41, 5.74) is 0.634. The Morgan fingerprint density at radius 2 is 1.93 bits per heavy atom. The minimum atomic E-state index is -1.52. The van der Waals surface area contributed by atoms with Crippen LogP contribution in [-0.2, 0) is 14.4 Å². The predicted octanol–water partition coefficient (Wildman–Crippen LogP) is -3.17. The van der Waals surface area contributed by atoms with Crippen LogP contribution in [0.1, 0.15) is 20.8 Å². The van der Waals surface area contributed by atoms with Crippen molar-refractivity contribution < 1.29 is 54.2 Å². The van der Waals surface area contributed by atoms with Crippen LogP contribution in [0, 0.1) is 5.92 Å². The largest absolute Gasteiger partial charge is 1.00 e. The molecule has 1 aromatic rings. The SMILES string of the molecule is CCN(C(=O)[C@@H](O)[C@@H]1C(=O)N2[C@@H]1SC(C)(C)[C@@H]2C(=O)[O-])c1ccccc1.[Na+]. The van der Waals surface area contributed by atoms with Gasteiger partial charge in [-0.1, -0.05) is 18.2 Å². The number of likely N-dealkylation sites (N-methyl/N-ethyl adjacent to an activating group) is 1. The van der Waals surface area contributed by atoms with Crippen molar-refractivity contribution in [2.24, 2.45) is 5.92 Å². The number of nitrogens with zero attached hydrogens (tertiary/aromatic N) is 2. The van der Waals surface area contributed by atoms with Crippen molar-refractivity contribution in [3.63, 3.8) is 0 Å². The fourth-order valence-electron chi connectivity index (χ4n) is 3.70. The smallest absolute Gasteiger partial charge is 0.548 e. The van der Waals surface area contributed by atoms with Crippen molar-refractivity contribution in [1.29, 1.82) is 0 Å². The molecule has 27 heavy (non-hydrogen) atoms. The average Bonchev–Trinajstić information content (AvgIpc) is 2.84. The molecule has 2 heterocycles. The van der Waals surface area contributed by atoms with Crippen LogP contribution in [0.25, 0.3) is 0 Å².